The molecule has 1 aromatic rings. The van der Waals surface area contributed by atoms with E-state index in [4.69, 9.17) is 14.2 Å². The zero-order chi connectivity index (χ0) is 18.8. The molecule has 138 valence electrons. The Morgan fingerprint density at radius 1 is 0.960 bits per heavy atom. The Hall–Kier alpha value is -2.24. The van der Waals surface area contributed by atoms with Gasteiger partial charge in [-0.1, -0.05) is 12.1 Å². The van der Waals surface area contributed by atoms with Gasteiger partial charge in [0, 0.05) is 12.0 Å². The van der Waals surface area contributed by atoms with Crippen molar-refractivity contribution in [2.24, 2.45) is 0 Å². The quantitative estimate of drug-likeness (QED) is 0.647. The van der Waals surface area contributed by atoms with Gasteiger partial charge in [0.25, 0.3) is 0 Å². The van der Waals surface area contributed by atoms with E-state index in [0.717, 1.165) is 12.0 Å². The van der Waals surface area contributed by atoms with Crippen molar-refractivity contribution in [1.29, 1.82) is 0 Å². The number of nitrogens with one attached hydrogen (secondary N) is 1. The van der Waals surface area contributed by atoms with Crippen LogP contribution in [0.4, 0.5) is 9.59 Å². The van der Waals surface area contributed by atoms with Crippen LogP contribution in [0.15, 0.2) is 24.3 Å². The van der Waals surface area contributed by atoms with Gasteiger partial charge in [-0.3, -0.25) is 0 Å². The monoisotopic (exact) mass is 349 g/mol. The van der Waals surface area contributed by atoms with Crippen molar-refractivity contribution >= 4 is 12.2 Å². The molecular weight excluding hydrogens is 322 g/mol. The molecule has 1 N–H and O–H groups in total. The van der Waals surface area contributed by atoms with E-state index in [1.807, 2.05) is 32.9 Å². The van der Waals surface area contributed by atoms with Crippen molar-refractivity contribution in [2.75, 3.05) is 0 Å². The number of benzene rings is 1. The summed E-state index contributed by atoms with van der Waals surface area (Å²) in [6.45, 7) is 10.8. The maximum absolute atomic E-state index is 11.8. The molecule has 1 saturated carbocycles. The molecule has 0 spiro atoms. The van der Waals surface area contributed by atoms with Crippen molar-refractivity contribution < 1.29 is 23.8 Å². The van der Waals surface area contributed by atoms with Gasteiger partial charge in [-0.15, -0.1) is 0 Å². The second-order valence-electron chi connectivity index (χ2n) is 8.23. The van der Waals surface area contributed by atoms with Crippen LogP contribution in [-0.4, -0.2) is 29.5 Å². The van der Waals surface area contributed by atoms with Gasteiger partial charge in [0.15, 0.2) is 0 Å². The van der Waals surface area contributed by atoms with Crippen molar-refractivity contribution in [2.45, 2.75) is 71.1 Å². The van der Waals surface area contributed by atoms with Gasteiger partial charge < -0.3 is 19.5 Å². The van der Waals surface area contributed by atoms with Crippen LogP contribution in [0, 0.1) is 0 Å². The summed E-state index contributed by atoms with van der Waals surface area (Å²) in [7, 11) is 0. The Morgan fingerprint density at radius 3 is 2.04 bits per heavy atom. The van der Waals surface area contributed by atoms with E-state index in [9.17, 15) is 9.59 Å². The van der Waals surface area contributed by atoms with Gasteiger partial charge in [0.05, 0.1) is 0 Å². The van der Waals surface area contributed by atoms with E-state index in [1.165, 1.54) is 0 Å². The van der Waals surface area contributed by atoms with E-state index in [2.05, 4.69) is 5.32 Å². The predicted molar refractivity (Wildman–Crippen MR) is 93.8 cm³/mol. The van der Waals surface area contributed by atoms with E-state index < -0.39 is 23.5 Å². The standard InChI is InChI=1S/C19H27NO5/c1-18(2,3)24-16(21)20-15-11-14(15)12-7-9-13(10-8-12)23-17(22)25-19(4,5)6/h7-10,14-15H,11H2,1-6H3,(H,20,21). The summed E-state index contributed by atoms with van der Waals surface area (Å²) in [5.74, 6) is 0.679. The SMILES string of the molecule is CC(C)(C)OC(=O)NC1CC1c1ccc(OC(=O)OC(C)(C)C)cc1. The molecule has 25 heavy (non-hydrogen) atoms. The first kappa shape index (κ1) is 19.1. The summed E-state index contributed by atoms with van der Waals surface area (Å²) in [5, 5.41) is 2.87. The smallest absolute Gasteiger partial charge is 0.444 e. The fraction of sp³-hybridized carbons (Fsp3) is 0.579. The van der Waals surface area contributed by atoms with Crippen LogP contribution in [0.2, 0.25) is 0 Å². The first-order valence-electron chi connectivity index (χ1n) is 8.43. The lowest BCUT2D eigenvalue weighted by atomic mass is 10.1. The van der Waals surface area contributed by atoms with Crippen molar-refractivity contribution in [1.82, 2.24) is 5.32 Å². The zero-order valence-electron chi connectivity index (χ0n) is 15.7. The molecule has 1 fully saturated rings. The van der Waals surface area contributed by atoms with Crippen molar-refractivity contribution in [3.05, 3.63) is 29.8 Å². The molecule has 0 aromatic heterocycles. The molecule has 1 amide bonds. The van der Waals surface area contributed by atoms with Crippen LogP contribution >= 0.6 is 0 Å². The fourth-order valence-corrected chi connectivity index (χ4v) is 2.33. The molecule has 1 aromatic carbocycles. The highest BCUT2D eigenvalue weighted by molar-refractivity contribution is 5.69. The number of alkyl carbamates (subject to hydrolysis) is 1. The largest absolute Gasteiger partial charge is 0.514 e. The maximum Gasteiger partial charge on any atom is 0.514 e. The third-order valence-electron chi connectivity index (χ3n) is 3.39. The Kier molecular flexibility index (Phi) is 5.30. The summed E-state index contributed by atoms with van der Waals surface area (Å²) in [5.41, 5.74) is -0.0154. The van der Waals surface area contributed by atoms with Gasteiger partial charge in [-0.05, 0) is 65.7 Å². The van der Waals surface area contributed by atoms with Gasteiger partial charge in [0.1, 0.15) is 17.0 Å². The minimum absolute atomic E-state index is 0.0764. The zero-order valence-corrected chi connectivity index (χ0v) is 15.7. The number of hydrogen-bond donors (Lipinski definition) is 1. The van der Waals surface area contributed by atoms with Crippen molar-refractivity contribution in [3.8, 4) is 5.75 Å². The minimum atomic E-state index is -0.726. The molecule has 2 atom stereocenters. The average molecular weight is 349 g/mol. The number of carbonyl (C=O) groups is 2. The second kappa shape index (κ2) is 6.94. The molecule has 6 nitrogen and oxygen atoms in total. The topological polar surface area (TPSA) is 73.9 Å². The van der Waals surface area contributed by atoms with Crippen LogP contribution in [0.3, 0.4) is 0 Å². The Morgan fingerprint density at radius 2 is 1.52 bits per heavy atom. The Balaban J connectivity index is 1.83. The molecule has 0 heterocycles. The molecule has 2 rings (SSSR count). The average Bonchev–Trinajstić information content (AvgIpc) is 3.13. The minimum Gasteiger partial charge on any atom is -0.444 e. The number of ether oxygens (including phenoxy) is 3. The summed E-state index contributed by atoms with van der Waals surface area (Å²) < 4.78 is 15.5. The summed E-state index contributed by atoms with van der Waals surface area (Å²) in [6, 6.07) is 7.31. The van der Waals surface area contributed by atoms with E-state index >= 15 is 0 Å². The van der Waals surface area contributed by atoms with Crippen molar-refractivity contribution in [3.63, 3.8) is 0 Å². The first-order chi connectivity index (χ1) is 11.4. The predicted octanol–water partition coefficient (Wildman–Crippen LogP) is 4.38. The van der Waals surface area contributed by atoms with E-state index in [0.29, 0.717) is 5.75 Å². The highest BCUT2D eigenvalue weighted by Crippen LogP contribution is 2.41. The van der Waals surface area contributed by atoms with Crippen LogP contribution in [0.1, 0.15) is 59.4 Å². The van der Waals surface area contributed by atoms with Crippen LogP contribution in [-0.2, 0) is 9.47 Å². The van der Waals surface area contributed by atoms with Gasteiger partial charge in [-0.25, -0.2) is 9.59 Å². The molecule has 1 aliphatic rings. The maximum atomic E-state index is 11.8. The highest BCUT2D eigenvalue weighted by Gasteiger charge is 2.40. The first-order valence-corrected chi connectivity index (χ1v) is 8.43. The van der Waals surface area contributed by atoms with Crippen LogP contribution < -0.4 is 10.1 Å². The lowest BCUT2D eigenvalue weighted by Crippen LogP contribution is -2.34. The normalized spacial score (nSPS) is 19.8. The lowest BCUT2D eigenvalue weighted by molar-refractivity contribution is 0.0205. The molecule has 0 bridgehead atoms. The highest BCUT2D eigenvalue weighted by atomic mass is 16.7. The number of rotatable bonds is 3. The van der Waals surface area contributed by atoms with Gasteiger partial charge >= 0.3 is 12.2 Å². The lowest BCUT2D eigenvalue weighted by Gasteiger charge is -2.19. The molecule has 0 radical (unpaired) electrons. The summed E-state index contributed by atoms with van der Waals surface area (Å²) in [6.07, 6.45) is -0.257. The number of carbonyl (C=O) groups excluding carboxylic acids is 2. The molecule has 0 aliphatic heterocycles. The molecular formula is C19H27NO5. The third kappa shape index (κ3) is 6.64. The van der Waals surface area contributed by atoms with E-state index in [1.54, 1.807) is 32.9 Å². The molecule has 6 heteroatoms. The number of hydrogen-bond acceptors (Lipinski definition) is 5. The van der Waals surface area contributed by atoms with Crippen LogP contribution in [0.25, 0.3) is 0 Å². The fourth-order valence-electron chi connectivity index (χ4n) is 2.33. The number of amides is 1. The Labute approximate surface area is 148 Å². The molecule has 2 unspecified atom stereocenters. The van der Waals surface area contributed by atoms with Crippen LogP contribution in [0.5, 0.6) is 5.75 Å². The molecule has 1 aliphatic carbocycles. The third-order valence-corrected chi connectivity index (χ3v) is 3.39. The summed E-state index contributed by atoms with van der Waals surface area (Å²) >= 11 is 0. The second-order valence-corrected chi connectivity index (χ2v) is 8.23. The van der Waals surface area contributed by atoms with Gasteiger partial charge in [-0.2, -0.15) is 0 Å². The Bertz CT molecular complexity index is 625. The summed E-state index contributed by atoms with van der Waals surface area (Å²) in [4.78, 5) is 23.4. The van der Waals surface area contributed by atoms with E-state index in [-0.39, 0.29) is 12.0 Å². The van der Waals surface area contributed by atoms with Gasteiger partial charge in [0.2, 0.25) is 0 Å². The molecule has 0 saturated heterocycles.